The Hall–Kier alpha value is -7.97. The van der Waals surface area contributed by atoms with E-state index in [1.54, 1.807) is 0 Å². The standard InChI is InChI=1S/C23H25F5N4O3.C22H23F4N3O6.C19H19F4N3O4.Na/c1-11(13-4-3-5-14(16(13)25)19(27)28)29-20-15(22-34-8-9-35-22)18(30-12(2)31-20)17(26)21(33)32-23(10-24)6-7-23;1-10(12-6-5-7-13(15(12)23)17(24)25)27-18-14(19-34-8-9-35-19)16(28-11(2)29-18)22(26,20(30)32-3)21(31)33-4;1-8(10-4-3-5-11(13(10)20)16(22)23)24-17-12(19-29-6-7-30-19)15(14(21)18(27)28)25-9(2)26-17;/h3-5,11,17,19,22H,6-10H2,1-2H3,(H,32,33)(H,29,30,31);5-7,10,17,19H,8-9H2,1-4H3,(H,27,28,29);3-5,8,14,16,19H,6-7H2,1-2H3,(H,27,28)(H,24,25,26);/q;;;+1/p-1/t11-,17?;10-;8-,14?;/m111./s1. The van der Waals surface area contributed by atoms with E-state index in [0.29, 0.717) is 12.8 Å². The van der Waals surface area contributed by atoms with Crippen LogP contribution in [-0.2, 0) is 62.7 Å². The van der Waals surface area contributed by atoms with E-state index in [-0.39, 0.29) is 143 Å². The summed E-state index contributed by atoms with van der Waals surface area (Å²) in [5.74, 6) is -9.84. The first-order chi connectivity index (χ1) is 47.4. The summed E-state index contributed by atoms with van der Waals surface area (Å²) in [6.07, 6.45) is -16.7. The van der Waals surface area contributed by atoms with Crippen LogP contribution in [0.1, 0.15) is 187 Å². The van der Waals surface area contributed by atoms with Crippen molar-refractivity contribution in [2.24, 2.45) is 0 Å². The number of aromatic nitrogens is 6. The molecule has 3 aliphatic heterocycles. The SMILES string of the molecule is COC(=O)C(F)(C(=O)OC)c1nc(C)nc(N[C@H](C)c2cccc(C(F)F)c2F)c1C1OCCO1.Cc1nc(N[C@H](C)c2cccc(C(F)F)c2F)c(C2OCCO2)c(C(F)C(=O)NC2(CF)CC2)n1.Cc1nc(N[C@H](C)c2cccc(C(F)F)c2F)c(C2OCCO2)c(C(F)C(=O)[O-])n1.[Na+]. The van der Waals surface area contributed by atoms with Crippen LogP contribution in [0.5, 0.6) is 0 Å². The van der Waals surface area contributed by atoms with Crippen LogP contribution in [0.4, 0.5) is 74.5 Å². The Bertz CT molecular complexity index is 3920. The maximum absolute atomic E-state index is 16.1. The van der Waals surface area contributed by atoms with Crippen molar-refractivity contribution in [2.75, 3.05) is 76.5 Å². The van der Waals surface area contributed by atoms with Crippen molar-refractivity contribution in [1.82, 2.24) is 35.2 Å². The van der Waals surface area contributed by atoms with Gasteiger partial charge in [0.15, 0.2) is 25.0 Å². The number of ether oxygens (including phenoxy) is 8. The van der Waals surface area contributed by atoms with Crippen LogP contribution in [0.25, 0.3) is 0 Å². The van der Waals surface area contributed by atoms with E-state index in [1.807, 2.05) is 0 Å². The minimum atomic E-state index is -3.53. The second kappa shape index (κ2) is 34.8. The fraction of sp³-hybridized carbons (Fsp3) is 0.469. The number of aryl methyl sites for hydroxylation is 3. The van der Waals surface area contributed by atoms with Gasteiger partial charge in [-0.3, -0.25) is 4.79 Å². The van der Waals surface area contributed by atoms with Crippen LogP contribution in [0.2, 0.25) is 0 Å². The van der Waals surface area contributed by atoms with E-state index in [2.05, 4.69) is 60.6 Å². The van der Waals surface area contributed by atoms with E-state index in [9.17, 15) is 72.6 Å². The Morgan fingerprint density at radius 2 is 0.832 bits per heavy atom. The first-order valence-electron chi connectivity index (χ1n) is 30.5. The van der Waals surface area contributed by atoms with Crippen molar-refractivity contribution in [3.63, 3.8) is 0 Å². The van der Waals surface area contributed by atoms with E-state index >= 15 is 8.78 Å². The maximum atomic E-state index is 16.1. The molecule has 4 fully saturated rings. The van der Waals surface area contributed by atoms with Crippen LogP contribution >= 0.6 is 0 Å². The molecule has 6 aromatic rings. The van der Waals surface area contributed by atoms with Gasteiger partial charge in [-0.05, 0) is 54.4 Å². The van der Waals surface area contributed by atoms with Gasteiger partial charge in [-0.25, -0.2) is 96.6 Å². The average molecular weight is 1450 g/mol. The number of benzene rings is 3. The molecule has 1 amide bonds. The van der Waals surface area contributed by atoms with Crippen LogP contribution < -0.4 is 55.9 Å². The van der Waals surface area contributed by atoms with E-state index in [4.69, 9.17) is 28.4 Å². The first-order valence-corrected chi connectivity index (χ1v) is 30.5. The Balaban J connectivity index is 0.000000212. The van der Waals surface area contributed by atoms with E-state index < -0.39 is 156 Å². The largest absolute Gasteiger partial charge is 1.00 e. The number of aliphatic carboxylic acids is 1. The monoisotopic (exact) mass is 1450 g/mol. The third kappa shape index (κ3) is 18.3. The number of carbonyl (C=O) groups is 4. The first kappa shape index (κ1) is 80.3. The van der Waals surface area contributed by atoms with Gasteiger partial charge < -0.3 is 69.1 Å². The van der Waals surface area contributed by atoms with Crippen molar-refractivity contribution in [2.45, 2.75) is 134 Å². The number of hydrogen-bond acceptors (Lipinski definition) is 22. The molecule has 0 radical (unpaired) electrons. The molecular weight excluding hydrogens is 1390 g/mol. The Kier molecular flexibility index (Phi) is 27.7. The third-order valence-corrected chi connectivity index (χ3v) is 15.8. The van der Waals surface area contributed by atoms with Crippen molar-refractivity contribution >= 4 is 41.3 Å². The van der Waals surface area contributed by atoms with Crippen molar-refractivity contribution in [3.8, 4) is 0 Å². The number of nitrogens with one attached hydrogen (secondary N) is 4. The van der Waals surface area contributed by atoms with Gasteiger partial charge >= 0.3 is 47.2 Å². The molecule has 3 saturated heterocycles. The number of carboxylic acid groups (broad SMARTS) is 1. The minimum absolute atomic E-state index is 0. The van der Waals surface area contributed by atoms with Gasteiger partial charge in [0.25, 0.3) is 25.2 Å². The molecule has 6 heterocycles. The normalized spacial score (nSPS) is 16.8. The quantitative estimate of drug-likeness (QED) is 0.0192. The topological polar surface area (TPSA) is 291 Å². The van der Waals surface area contributed by atoms with Crippen molar-refractivity contribution in [3.05, 3.63) is 157 Å². The van der Waals surface area contributed by atoms with Crippen molar-refractivity contribution < 1.29 is 149 Å². The van der Waals surface area contributed by atoms with Gasteiger partial charge in [0.2, 0.25) is 6.17 Å². The molecule has 37 heteroatoms. The predicted octanol–water partition coefficient (Wildman–Crippen LogP) is 8.14. The number of nitrogens with zero attached hydrogens (tertiary/aromatic N) is 6. The summed E-state index contributed by atoms with van der Waals surface area (Å²) in [5.41, 5.74) is -9.20. The smallest absolute Gasteiger partial charge is 0.547 e. The fourth-order valence-corrected chi connectivity index (χ4v) is 10.7. The van der Waals surface area contributed by atoms with Gasteiger partial charge in [-0.2, -0.15) is 0 Å². The summed E-state index contributed by atoms with van der Waals surface area (Å²) in [5, 5.41) is 22.0. The molecule has 23 nitrogen and oxygen atoms in total. The number of rotatable bonds is 24. The molecule has 1 aliphatic carbocycles. The van der Waals surface area contributed by atoms with Gasteiger partial charge in [0.1, 0.15) is 64.7 Å². The zero-order valence-electron chi connectivity index (χ0n) is 55.3. The number of carbonyl (C=O) groups excluding carboxylic acids is 4. The van der Waals surface area contributed by atoms with Gasteiger partial charge in [0, 0.05) is 16.7 Å². The number of hydrogen-bond donors (Lipinski definition) is 4. The number of halogens is 13. The van der Waals surface area contributed by atoms with Crippen LogP contribution in [-0.4, -0.2) is 120 Å². The number of amides is 1. The summed E-state index contributed by atoms with van der Waals surface area (Å²) < 4.78 is 224. The zero-order chi connectivity index (χ0) is 73.2. The van der Waals surface area contributed by atoms with Crippen LogP contribution in [0.15, 0.2) is 54.6 Å². The molecule has 101 heavy (non-hydrogen) atoms. The molecule has 1 saturated carbocycles. The van der Waals surface area contributed by atoms with Crippen molar-refractivity contribution in [1.29, 1.82) is 0 Å². The molecule has 0 bridgehead atoms. The van der Waals surface area contributed by atoms with E-state index in [0.717, 1.165) is 32.4 Å². The van der Waals surface area contributed by atoms with Gasteiger partial charge in [0.05, 0.1) is 128 Å². The molecule has 4 aliphatic rings. The molecule has 542 valence electrons. The van der Waals surface area contributed by atoms with Gasteiger partial charge in [-0.1, -0.05) is 54.6 Å². The summed E-state index contributed by atoms with van der Waals surface area (Å²) in [6, 6.07) is 7.96. The Labute approximate surface area is 590 Å². The minimum Gasteiger partial charge on any atom is -0.547 e. The molecule has 5 atom stereocenters. The Morgan fingerprint density at radius 3 is 1.14 bits per heavy atom. The number of esters is 2. The van der Waals surface area contributed by atoms with Crippen LogP contribution in [0.3, 0.4) is 0 Å². The van der Waals surface area contributed by atoms with E-state index in [1.165, 1.54) is 77.9 Å². The molecule has 3 aromatic carbocycles. The molecule has 3 aromatic heterocycles. The Morgan fingerprint density at radius 1 is 0.525 bits per heavy atom. The molecule has 0 spiro atoms. The number of methoxy groups -OCH3 is 2. The molecule has 2 unspecified atom stereocenters. The summed E-state index contributed by atoms with van der Waals surface area (Å²) in [7, 11) is 1.74. The summed E-state index contributed by atoms with van der Waals surface area (Å²) >= 11 is 0. The third-order valence-electron chi connectivity index (χ3n) is 15.8. The fourth-order valence-electron chi connectivity index (χ4n) is 10.7. The molecule has 4 N–H and O–H groups in total. The van der Waals surface area contributed by atoms with Crippen LogP contribution in [0, 0.1) is 38.2 Å². The summed E-state index contributed by atoms with van der Waals surface area (Å²) in [6.45, 7) is 8.75. The maximum Gasteiger partial charge on any atom is 1.00 e. The number of anilines is 3. The second-order valence-corrected chi connectivity index (χ2v) is 22.8. The summed E-state index contributed by atoms with van der Waals surface area (Å²) in [4.78, 5) is 73.1. The zero-order valence-corrected chi connectivity index (χ0v) is 57.3. The van der Waals surface area contributed by atoms with Gasteiger partial charge in [-0.15, -0.1) is 0 Å². The second-order valence-electron chi connectivity index (χ2n) is 22.8. The predicted molar refractivity (Wildman–Crippen MR) is 320 cm³/mol. The number of alkyl halides is 10. The molecule has 10 rings (SSSR count). The number of carboxylic acids is 1. The average Bonchev–Trinajstić information content (AvgIpc) is 1.66. The molecular formula is C64H66F13N10NaO13.